The molecule has 5 heteroatoms. The fraction of sp³-hybridized carbons (Fsp3) is 0.217. The molecule has 0 spiro atoms. The summed E-state index contributed by atoms with van der Waals surface area (Å²) < 4.78 is 15.0. The SMILES string of the molecule is O=P(c1ccccc1)(c1ccccc1)C(c1c(Cl)cccc1Cl)N1CCCC1. The van der Waals surface area contributed by atoms with E-state index < -0.39 is 7.14 Å². The first kappa shape index (κ1) is 19.7. The van der Waals surface area contributed by atoms with Gasteiger partial charge in [0.2, 0.25) is 0 Å². The number of benzene rings is 3. The summed E-state index contributed by atoms with van der Waals surface area (Å²) in [5, 5.41) is 2.79. The average Bonchev–Trinajstić information content (AvgIpc) is 3.26. The molecule has 1 heterocycles. The molecule has 2 nitrogen and oxygen atoms in total. The molecule has 144 valence electrons. The number of hydrogen-bond donors (Lipinski definition) is 0. The molecule has 0 radical (unpaired) electrons. The molecule has 0 amide bonds. The molecule has 0 aromatic heterocycles. The quantitative estimate of drug-likeness (QED) is 0.456. The Kier molecular flexibility index (Phi) is 5.94. The van der Waals surface area contributed by atoms with Crippen LogP contribution in [0.15, 0.2) is 78.9 Å². The summed E-state index contributed by atoms with van der Waals surface area (Å²) >= 11 is 13.3. The molecule has 0 N–H and O–H groups in total. The first-order valence-electron chi connectivity index (χ1n) is 9.51. The van der Waals surface area contributed by atoms with Crippen LogP contribution in [0, 0.1) is 0 Å². The fourth-order valence-electron chi connectivity index (χ4n) is 4.07. The van der Waals surface area contributed by atoms with Crippen molar-refractivity contribution in [3.63, 3.8) is 0 Å². The molecular weight excluding hydrogens is 408 g/mol. The lowest BCUT2D eigenvalue weighted by atomic mass is 10.2. The molecule has 3 aromatic carbocycles. The van der Waals surface area contributed by atoms with E-state index in [0.29, 0.717) is 10.0 Å². The number of likely N-dealkylation sites (tertiary alicyclic amines) is 1. The van der Waals surface area contributed by atoms with Gasteiger partial charge in [-0.2, -0.15) is 0 Å². The normalized spacial score (nSPS) is 16.2. The maximum atomic E-state index is 15.0. The summed E-state index contributed by atoms with van der Waals surface area (Å²) in [6.07, 6.45) is 2.17. The van der Waals surface area contributed by atoms with Crippen molar-refractivity contribution in [2.75, 3.05) is 13.1 Å². The van der Waals surface area contributed by atoms with Crippen molar-refractivity contribution in [2.24, 2.45) is 0 Å². The summed E-state index contributed by atoms with van der Waals surface area (Å²) in [6, 6.07) is 25.0. The molecule has 1 unspecified atom stereocenters. The molecule has 1 fully saturated rings. The van der Waals surface area contributed by atoms with Gasteiger partial charge in [-0.3, -0.25) is 4.90 Å². The van der Waals surface area contributed by atoms with E-state index in [1.807, 2.05) is 78.9 Å². The van der Waals surface area contributed by atoms with Gasteiger partial charge in [0.15, 0.2) is 7.14 Å². The third kappa shape index (κ3) is 3.55. The van der Waals surface area contributed by atoms with Gasteiger partial charge in [-0.05, 0) is 38.1 Å². The van der Waals surface area contributed by atoms with Crippen LogP contribution in [0.2, 0.25) is 10.0 Å². The third-order valence-corrected chi connectivity index (χ3v) is 9.43. The Balaban J connectivity index is 2.01. The van der Waals surface area contributed by atoms with E-state index in [9.17, 15) is 0 Å². The van der Waals surface area contributed by atoms with Crippen LogP contribution in [0.25, 0.3) is 0 Å². The average molecular weight is 430 g/mol. The monoisotopic (exact) mass is 429 g/mol. The summed E-state index contributed by atoms with van der Waals surface area (Å²) in [5.74, 6) is -0.388. The summed E-state index contributed by atoms with van der Waals surface area (Å²) in [6.45, 7) is 1.77. The van der Waals surface area contributed by atoms with Gasteiger partial charge in [0.25, 0.3) is 0 Å². The smallest absolute Gasteiger partial charge is 0.163 e. The van der Waals surface area contributed by atoms with Crippen LogP contribution in [-0.4, -0.2) is 18.0 Å². The highest BCUT2D eigenvalue weighted by molar-refractivity contribution is 7.79. The van der Waals surface area contributed by atoms with Gasteiger partial charge >= 0.3 is 0 Å². The van der Waals surface area contributed by atoms with Crippen molar-refractivity contribution >= 4 is 41.0 Å². The van der Waals surface area contributed by atoms with Crippen LogP contribution in [0.1, 0.15) is 24.2 Å². The van der Waals surface area contributed by atoms with Crippen LogP contribution in [-0.2, 0) is 4.57 Å². The van der Waals surface area contributed by atoms with Crippen molar-refractivity contribution in [2.45, 2.75) is 18.6 Å². The maximum Gasteiger partial charge on any atom is 0.163 e. The minimum Gasteiger partial charge on any atom is -0.312 e. The predicted octanol–water partition coefficient (Wildman–Crippen LogP) is 6.10. The lowest BCUT2D eigenvalue weighted by Gasteiger charge is -2.36. The van der Waals surface area contributed by atoms with E-state index in [1.54, 1.807) is 0 Å². The number of hydrogen-bond acceptors (Lipinski definition) is 2. The standard InChI is InChI=1S/C23H22Cl2NOP/c24-20-14-9-15-21(25)22(20)23(26-16-7-8-17-26)28(27,18-10-3-1-4-11-18)19-12-5-2-6-13-19/h1-6,9-15,23H,7-8,16-17H2. The number of rotatable bonds is 5. The van der Waals surface area contributed by atoms with Gasteiger partial charge in [-0.15, -0.1) is 0 Å². The second-order valence-corrected chi connectivity index (χ2v) is 10.7. The van der Waals surface area contributed by atoms with Gasteiger partial charge in [-0.25, -0.2) is 0 Å². The van der Waals surface area contributed by atoms with Gasteiger partial charge in [0.1, 0.15) is 0 Å². The fourth-order valence-corrected chi connectivity index (χ4v) is 8.25. The van der Waals surface area contributed by atoms with E-state index in [-0.39, 0.29) is 5.78 Å². The summed E-state index contributed by atoms with van der Waals surface area (Å²) in [5.41, 5.74) is 0.767. The van der Waals surface area contributed by atoms with Crippen LogP contribution in [0.3, 0.4) is 0 Å². The first-order chi connectivity index (χ1) is 13.6. The minimum atomic E-state index is -3.10. The molecule has 1 aliphatic rings. The molecule has 1 saturated heterocycles. The zero-order valence-corrected chi connectivity index (χ0v) is 17.9. The van der Waals surface area contributed by atoms with Gasteiger partial charge in [0.05, 0.1) is 5.78 Å². The van der Waals surface area contributed by atoms with E-state index in [2.05, 4.69) is 4.90 Å². The lowest BCUT2D eigenvalue weighted by molar-refractivity contribution is 0.310. The van der Waals surface area contributed by atoms with Crippen molar-refractivity contribution in [3.8, 4) is 0 Å². The second-order valence-electron chi connectivity index (χ2n) is 7.08. The Morgan fingerprint density at radius 3 is 1.64 bits per heavy atom. The molecular formula is C23H22Cl2NOP. The molecule has 0 bridgehead atoms. The van der Waals surface area contributed by atoms with Crippen LogP contribution in [0.5, 0.6) is 0 Å². The predicted molar refractivity (Wildman–Crippen MR) is 120 cm³/mol. The zero-order chi connectivity index (χ0) is 19.6. The first-order valence-corrected chi connectivity index (χ1v) is 12.0. The molecule has 3 aromatic rings. The van der Waals surface area contributed by atoms with Gasteiger partial charge < -0.3 is 4.57 Å². The largest absolute Gasteiger partial charge is 0.312 e. The van der Waals surface area contributed by atoms with E-state index >= 15 is 4.57 Å². The Morgan fingerprint density at radius 2 is 1.18 bits per heavy atom. The molecule has 4 rings (SSSR count). The van der Waals surface area contributed by atoms with Crippen molar-refractivity contribution < 1.29 is 4.57 Å². The van der Waals surface area contributed by atoms with E-state index in [0.717, 1.165) is 42.1 Å². The van der Waals surface area contributed by atoms with E-state index in [4.69, 9.17) is 23.2 Å². The van der Waals surface area contributed by atoms with Crippen molar-refractivity contribution in [1.82, 2.24) is 4.90 Å². The number of halogens is 2. The van der Waals surface area contributed by atoms with Crippen molar-refractivity contribution in [1.29, 1.82) is 0 Å². The van der Waals surface area contributed by atoms with Crippen LogP contribution in [0.4, 0.5) is 0 Å². The maximum absolute atomic E-state index is 15.0. The topological polar surface area (TPSA) is 20.3 Å². The molecule has 1 atom stereocenters. The van der Waals surface area contributed by atoms with Crippen LogP contribution >= 0.6 is 30.3 Å². The van der Waals surface area contributed by atoms with Gasteiger partial charge in [0, 0.05) is 26.2 Å². The highest BCUT2D eigenvalue weighted by Gasteiger charge is 2.43. The Labute approximate surface area is 176 Å². The Hall–Kier alpha value is -1.57. The molecule has 0 saturated carbocycles. The summed E-state index contributed by atoms with van der Waals surface area (Å²) in [7, 11) is -3.10. The van der Waals surface area contributed by atoms with Gasteiger partial charge in [-0.1, -0.05) is 89.9 Å². The Bertz CT molecular complexity index is 924. The minimum absolute atomic E-state index is 0.388. The molecule has 0 aliphatic carbocycles. The lowest BCUT2D eigenvalue weighted by Crippen LogP contribution is -2.33. The highest BCUT2D eigenvalue weighted by Crippen LogP contribution is 2.61. The Morgan fingerprint density at radius 1 is 0.714 bits per heavy atom. The molecule has 28 heavy (non-hydrogen) atoms. The van der Waals surface area contributed by atoms with Crippen LogP contribution < -0.4 is 10.6 Å². The third-order valence-electron chi connectivity index (χ3n) is 5.37. The second kappa shape index (κ2) is 8.43. The number of nitrogens with zero attached hydrogens (tertiary/aromatic N) is 1. The zero-order valence-electron chi connectivity index (χ0n) is 15.5. The van der Waals surface area contributed by atoms with E-state index in [1.165, 1.54) is 0 Å². The molecule has 1 aliphatic heterocycles. The highest BCUT2D eigenvalue weighted by atomic mass is 35.5. The summed E-state index contributed by atoms with van der Waals surface area (Å²) in [4.78, 5) is 2.30. The van der Waals surface area contributed by atoms with Crippen molar-refractivity contribution in [3.05, 3.63) is 94.5 Å².